The molecule has 0 saturated carbocycles. The van der Waals surface area contributed by atoms with Gasteiger partial charge in [-0.2, -0.15) is 0 Å². The molecule has 0 aliphatic heterocycles. The number of aromatic nitrogens is 1. The SMILES string of the molecule is [C-]#[N+]c1cc(-c2ncc(-c3cccc(C=O)c3CC)s2)ccc1CC(C)C. The summed E-state index contributed by atoms with van der Waals surface area (Å²) >= 11 is 1.60. The van der Waals surface area contributed by atoms with Crippen molar-refractivity contribution in [2.45, 2.75) is 33.6 Å². The van der Waals surface area contributed by atoms with Gasteiger partial charge in [0.15, 0.2) is 5.69 Å². The third kappa shape index (κ3) is 3.99. The average Bonchev–Trinajstić information content (AvgIpc) is 3.17. The van der Waals surface area contributed by atoms with Crippen molar-refractivity contribution in [3.8, 4) is 21.0 Å². The van der Waals surface area contributed by atoms with E-state index in [-0.39, 0.29) is 0 Å². The van der Waals surface area contributed by atoms with Crippen molar-refractivity contribution >= 4 is 23.3 Å². The molecule has 0 amide bonds. The van der Waals surface area contributed by atoms with Crippen LogP contribution in [0.3, 0.4) is 0 Å². The van der Waals surface area contributed by atoms with Crippen molar-refractivity contribution < 1.29 is 4.79 Å². The first-order valence-electron chi connectivity index (χ1n) is 9.11. The van der Waals surface area contributed by atoms with E-state index in [2.05, 4.69) is 36.7 Å². The summed E-state index contributed by atoms with van der Waals surface area (Å²) in [5.74, 6) is 0.514. The molecule has 0 saturated heterocycles. The molecule has 0 unspecified atom stereocenters. The Bertz CT molecular complexity index is 1010. The van der Waals surface area contributed by atoms with Crippen molar-refractivity contribution in [3.63, 3.8) is 0 Å². The second kappa shape index (κ2) is 8.28. The molecular weight excluding hydrogens is 352 g/mol. The average molecular weight is 375 g/mol. The van der Waals surface area contributed by atoms with E-state index in [0.717, 1.165) is 56.8 Å². The van der Waals surface area contributed by atoms with Crippen LogP contribution in [0.2, 0.25) is 0 Å². The second-order valence-electron chi connectivity index (χ2n) is 6.93. The molecule has 0 spiro atoms. The van der Waals surface area contributed by atoms with Gasteiger partial charge in [0.1, 0.15) is 11.3 Å². The third-order valence-electron chi connectivity index (χ3n) is 4.54. The summed E-state index contributed by atoms with van der Waals surface area (Å²) in [6.07, 6.45) is 4.48. The second-order valence-corrected chi connectivity index (χ2v) is 7.96. The zero-order valence-corrected chi connectivity index (χ0v) is 16.6. The van der Waals surface area contributed by atoms with E-state index in [9.17, 15) is 4.79 Å². The first-order valence-corrected chi connectivity index (χ1v) is 9.93. The zero-order chi connectivity index (χ0) is 19.4. The quantitative estimate of drug-likeness (QED) is 0.360. The molecule has 136 valence electrons. The van der Waals surface area contributed by atoms with Crippen LogP contribution >= 0.6 is 11.3 Å². The maximum Gasteiger partial charge on any atom is 0.191 e. The van der Waals surface area contributed by atoms with E-state index < -0.39 is 0 Å². The summed E-state index contributed by atoms with van der Waals surface area (Å²) < 4.78 is 0. The highest BCUT2D eigenvalue weighted by molar-refractivity contribution is 7.18. The fraction of sp³-hybridized carbons (Fsp3) is 0.261. The van der Waals surface area contributed by atoms with Crippen LogP contribution in [0.15, 0.2) is 42.6 Å². The van der Waals surface area contributed by atoms with E-state index >= 15 is 0 Å². The molecule has 0 aliphatic carbocycles. The van der Waals surface area contributed by atoms with E-state index in [1.807, 2.05) is 36.5 Å². The van der Waals surface area contributed by atoms with Crippen LogP contribution in [0.1, 0.15) is 42.3 Å². The first kappa shape index (κ1) is 19.0. The Morgan fingerprint density at radius 3 is 2.74 bits per heavy atom. The maximum atomic E-state index is 11.3. The van der Waals surface area contributed by atoms with Crippen molar-refractivity contribution in [3.05, 3.63) is 70.7 Å². The number of carbonyl (C=O) groups is 1. The molecule has 0 aliphatic rings. The fourth-order valence-corrected chi connectivity index (χ4v) is 4.25. The lowest BCUT2D eigenvalue weighted by Crippen LogP contribution is -1.94. The van der Waals surface area contributed by atoms with Crippen molar-refractivity contribution in [2.75, 3.05) is 0 Å². The number of nitrogens with zero attached hydrogens (tertiary/aromatic N) is 2. The fourth-order valence-electron chi connectivity index (χ4n) is 3.29. The summed E-state index contributed by atoms with van der Waals surface area (Å²) in [5, 5.41) is 0.893. The Morgan fingerprint density at radius 1 is 1.26 bits per heavy atom. The summed E-state index contributed by atoms with van der Waals surface area (Å²) in [4.78, 5) is 20.7. The van der Waals surface area contributed by atoms with Crippen LogP contribution in [0, 0.1) is 12.5 Å². The monoisotopic (exact) mass is 374 g/mol. The largest absolute Gasteiger partial charge is 0.298 e. The molecule has 27 heavy (non-hydrogen) atoms. The van der Waals surface area contributed by atoms with Gasteiger partial charge in [0.05, 0.1) is 11.4 Å². The van der Waals surface area contributed by atoms with E-state index in [1.54, 1.807) is 11.3 Å². The van der Waals surface area contributed by atoms with Gasteiger partial charge in [-0.1, -0.05) is 51.1 Å². The van der Waals surface area contributed by atoms with Gasteiger partial charge in [-0.15, -0.1) is 11.3 Å². The molecule has 1 aromatic heterocycles. The van der Waals surface area contributed by atoms with Crippen molar-refractivity contribution in [1.82, 2.24) is 4.98 Å². The molecule has 0 radical (unpaired) electrons. The standard InChI is InChI=1S/C23H22N2OS/c1-5-19-18(14-26)7-6-8-20(19)22-13-25-23(27-22)17-10-9-16(11-15(2)3)21(12-17)24-4/h6-10,12-15H,5,11H2,1-3H3. The Kier molecular flexibility index (Phi) is 5.83. The van der Waals surface area contributed by atoms with Crippen LogP contribution in [0.4, 0.5) is 5.69 Å². The predicted octanol–water partition coefficient (Wildman–Crippen LogP) is 6.60. The molecule has 0 bridgehead atoms. The number of hydrogen-bond donors (Lipinski definition) is 0. The van der Waals surface area contributed by atoms with Gasteiger partial charge in [0, 0.05) is 17.3 Å². The van der Waals surface area contributed by atoms with Gasteiger partial charge in [-0.3, -0.25) is 4.79 Å². The van der Waals surface area contributed by atoms with Gasteiger partial charge in [-0.25, -0.2) is 9.83 Å². The van der Waals surface area contributed by atoms with Crippen molar-refractivity contribution in [1.29, 1.82) is 0 Å². The Morgan fingerprint density at radius 2 is 2.07 bits per heavy atom. The highest BCUT2D eigenvalue weighted by Gasteiger charge is 2.14. The Labute approximate surface area is 164 Å². The van der Waals surface area contributed by atoms with Gasteiger partial charge in [0.25, 0.3) is 0 Å². The minimum atomic E-state index is 0.514. The molecule has 0 fully saturated rings. The molecule has 4 heteroatoms. The van der Waals surface area contributed by atoms with E-state index in [1.165, 1.54) is 0 Å². The predicted molar refractivity (Wildman–Crippen MR) is 113 cm³/mol. The minimum absolute atomic E-state index is 0.514. The smallest absolute Gasteiger partial charge is 0.191 e. The number of carbonyl (C=O) groups excluding carboxylic acids is 1. The van der Waals surface area contributed by atoms with Crippen molar-refractivity contribution in [2.24, 2.45) is 5.92 Å². The van der Waals surface area contributed by atoms with Gasteiger partial charge in [-0.05, 0) is 41.5 Å². The molecule has 3 nitrogen and oxygen atoms in total. The van der Waals surface area contributed by atoms with Gasteiger partial charge < -0.3 is 0 Å². The number of rotatable bonds is 6. The molecule has 0 N–H and O–H groups in total. The number of thiazole rings is 1. The zero-order valence-electron chi connectivity index (χ0n) is 15.8. The Balaban J connectivity index is 2.00. The summed E-state index contributed by atoms with van der Waals surface area (Å²) in [7, 11) is 0. The minimum Gasteiger partial charge on any atom is -0.298 e. The lowest BCUT2D eigenvalue weighted by Gasteiger charge is -2.09. The molecule has 1 heterocycles. The summed E-state index contributed by atoms with van der Waals surface area (Å²) in [6.45, 7) is 13.9. The lowest BCUT2D eigenvalue weighted by molar-refractivity contribution is 0.112. The van der Waals surface area contributed by atoms with E-state index in [0.29, 0.717) is 11.6 Å². The number of benzene rings is 2. The molecular formula is C23H22N2OS. The summed E-state index contributed by atoms with van der Waals surface area (Å²) in [5.41, 5.74) is 5.61. The highest BCUT2D eigenvalue weighted by Crippen LogP contribution is 2.37. The summed E-state index contributed by atoms with van der Waals surface area (Å²) in [6, 6.07) is 11.9. The molecule has 3 aromatic rings. The van der Waals surface area contributed by atoms with Crippen LogP contribution in [-0.4, -0.2) is 11.3 Å². The molecule has 3 rings (SSSR count). The number of hydrogen-bond acceptors (Lipinski definition) is 3. The maximum absolute atomic E-state index is 11.3. The normalized spacial score (nSPS) is 10.8. The first-order chi connectivity index (χ1) is 13.1. The Hall–Kier alpha value is -2.77. The van der Waals surface area contributed by atoms with Crippen LogP contribution in [0.5, 0.6) is 0 Å². The van der Waals surface area contributed by atoms with Gasteiger partial charge in [0.2, 0.25) is 0 Å². The molecule has 2 aromatic carbocycles. The number of aldehydes is 1. The van der Waals surface area contributed by atoms with Gasteiger partial charge >= 0.3 is 0 Å². The molecule has 0 atom stereocenters. The highest BCUT2D eigenvalue weighted by atomic mass is 32.1. The van der Waals surface area contributed by atoms with E-state index in [4.69, 9.17) is 6.57 Å². The third-order valence-corrected chi connectivity index (χ3v) is 5.62. The van der Waals surface area contributed by atoms with Crippen LogP contribution in [-0.2, 0) is 12.8 Å². The van der Waals surface area contributed by atoms with Crippen LogP contribution < -0.4 is 0 Å². The topological polar surface area (TPSA) is 34.3 Å². The van der Waals surface area contributed by atoms with Crippen LogP contribution in [0.25, 0.3) is 25.9 Å². The lowest BCUT2D eigenvalue weighted by atomic mass is 9.99.